The molecule has 0 atom stereocenters. The number of rotatable bonds is 9. The first-order valence-electron chi connectivity index (χ1n) is 10.7. The van der Waals surface area contributed by atoms with Crippen molar-refractivity contribution in [2.75, 3.05) is 12.3 Å². The van der Waals surface area contributed by atoms with Gasteiger partial charge in [0.15, 0.2) is 5.82 Å². The van der Waals surface area contributed by atoms with Gasteiger partial charge in [0, 0.05) is 38.6 Å². The number of hydrogen-bond acceptors (Lipinski definition) is 6. The molecule has 0 saturated carbocycles. The fourth-order valence-electron chi connectivity index (χ4n) is 3.90. The van der Waals surface area contributed by atoms with Crippen molar-refractivity contribution in [3.63, 3.8) is 0 Å². The van der Waals surface area contributed by atoms with Gasteiger partial charge in [-0.15, -0.1) is 11.3 Å². The molecule has 8 heteroatoms. The van der Waals surface area contributed by atoms with E-state index in [4.69, 9.17) is 15.5 Å². The minimum atomic E-state index is 0.443. The molecule has 4 aromatic heterocycles. The molecule has 1 aromatic carbocycles. The van der Waals surface area contributed by atoms with Crippen molar-refractivity contribution < 1.29 is 4.74 Å². The van der Waals surface area contributed by atoms with E-state index >= 15 is 0 Å². The number of thiophene rings is 1. The molecule has 0 aliphatic rings. The van der Waals surface area contributed by atoms with Crippen LogP contribution in [0, 0.1) is 0 Å². The number of nitrogens with one attached hydrogen (secondary N) is 2. The summed E-state index contributed by atoms with van der Waals surface area (Å²) in [4.78, 5) is 12.4. The second-order valence-electron chi connectivity index (χ2n) is 7.72. The molecule has 0 radical (unpaired) electrons. The maximum Gasteiger partial charge on any atom is 0.152 e. The van der Waals surface area contributed by atoms with Gasteiger partial charge in [-0.3, -0.25) is 0 Å². The first-order chi connectivity index (χ1) is 15.7. The molecule has 0 aliphatic heterocycles. The Balaban J connectivity index is 1.41. The molecule has 0 bridgehead atoms. The minimum Gasteiger partial charge on any atom is -0.382 e. The molecular formula is C24H26N6OS. The first kappa shape index (κ1) is 20.7. The van der Waals surface area contributed by atoms with Crippen LogP contribution in [0.15, 0.2) is 54.2 Å². The van der Waals surface area contributed by atoms with Gasteiger partial charge in [0.1, 0.15) is 17.9 Å². The van der Waals surface area contributed by atoms with Gasteiger partial charge in [-0.2, -0.15) is 0 Å². The molecule has 5 aromatic rings. The van der Waals surface area contributed by atoms with Gasteiger partial charge < -0.3 is 25.3 Å². The summed E-state index contributed by atoms with van der Waals surface area (Å²) in [6, 6.07) is 12.8. The summed E-state index contributed by atoms with van der Waals surface area (Å²) in [5.41, 5.74) is 12.7. The topological polar surface area (TPSA) is 93.8 Å². The van der Waals surface area contributed by atoms with E-state index in [-0.39, 0.29) is 0 Å². The molecule has 7 nitrogen and oxygen atoms in total. The van der Waals surface area contributed by atoms with Crippen LogP contribution >= 0.6 is 11.3 Å². The van der Waals surface area contributed by atoms with E-state index in [0.717, 1.165) is 40.2 Å². The number of nitrogen functional groups attached to an aromatic ring is 1. The molecule has 0 unspecified atom stereocenters. The molecule has 5 rings (SSSR count). The van der Waals surface area contributed by atoms with E-state index in [1.807, 2.05) is 30.8 Å². The molecular weight excluding hydrogens is 420 g/mol. The van der Waals surface area contributed by atoms with Crippen LogP contribution in [0.1, 0.15) is 29.4 Å². The Bertz CT molecular complexity index is 1320. The van der Waals surface area contributed by atoms with Crippen LogP contribution in [0.25, 0.3) is 21.3 Å². The maximum absolute atomic E-state index is 6.26. The number of H-pyrrole nitrogens is 1. The number of nitrogens with two attached hydrogens (primary N) is 1. The van der Waals surface area contributed by atoms with Gasteiger partial charge in [-0.1, -0.05) is 24.3 Å². The van der Waals surface area contributed by atoms with Crippen LogP contribution < -0.4 is 11.1 Å². The maximum atomic E-state index is 6.26. The summed E-state index contributed by atoms with van der Waals surface area (Å²) in [6.07, 6.45) is 3.96. The van der Waals surface area contributed by atoms with Crippen LogP contribution in [-0.2, 0) is 31.0 Å². The summed E-state index contributed by atoms with van der Waals surface area (Å²) in [5.74, 6) is 1.33. The van der Waals surface area contributed by atoms with Crippen molar-refractivity contribution in [2.45, 2.75) is 33.2 Å². The van der Waals surface area contributed by atoms with Crippen molar-refractivity contribution >= 4 is 38.4 Å². The molecule has 0 saturated heterocycles. The predicted molar refractivity (Wildman–Crippen MR) is 130 cm³/mol. The summed E-state index contributed by atoms with van der Waals surface area (Å²) < 4.78 is 9.03. The quantitative estimate of drug-likeness (QED) is 0.311. The Morgan fingerprint density at radius 3 is 2.66 bits per heavy atom. The van der Waals surface area contributed by atoms with E-state index in [1.54, 1.807) is 11.3 Å². The lowest BCUT2D eigenvalue weighted by atomic mass is 10.1. The minimum absolute atomic E-state index is 0.443. The van der Waals surface area contributed by atoms with Crippen molar-refractivity contribution in [3.8, 4) is 0 Å². The SMILES string of the molecule is CCOCc1nc2c(N)nc3ccsc3c2n1Cc1ccc(CNCc2cc[nH]c2)cc1. The van der Waals surface area contributed by atoms with Gasteiger partial charge in [-0.25, -0.2) is 9.97 Å². The van der Waals surface area contributed by atoms with Gasteiger partial charge >= 0.3 is 0 Å². The lowest BCUT2D eigenvalue weighted by molar-refractivity contribution is 0.126. The fraction of sp³-hybridized carbons (Fsp3) is 0.250. The lowest BCUT2D eigenvalue weighted by Crippen LogP contribution is -2.12. The molecule has 32 heavy (non-hydrogen) atoms. The Labute approximate surface area is 190 Å². The summed E-state index contributed by atoms with van der Waals surface area (Å²) in [5, 5.41) is 5.52. The molecule has 0 amide bonds. The first-order valence-corrected chi connectivity index (χ1v) is 11.6. The number of benzene rings is 1. The average molecular weight is 447 g/mol. The number of fused-ring (bicyclic) bond motifs is 3. The highest BCUT2D eigenvalue weighted by Crippen LogP contribution is 2.33. The summed E-state index contributed by atoms with van der Waals surface area (Å²) in [7, 11) is 0. The van der Waals surface area contributed by atoms with E-state index in [9.17, 15) is 0 Å². The third kappa shape index (κ3) is 4.12. The number of pyridine rings is 1. The molecule has 0 fully saturated rings. The Kier molecular flexibility index (Phi) is 5.89. The molecule has 4 N–H and O–H groups in total. The van der Waals surface area contributed by atoms with E-state index < -0.39 is 0 Å². The zero-order chi connectivity index (χ0) is 21.9. The number of hydrogen-bond donors (Lipinski definition) is 3. The zero-order valence-electron chi connectivity index (χ0n) is 18.0. The predicted octanol–water partition coefficient (Wildman–Crippen LogP) is 4.43. The lowest BCUT2D eigenvalue weighted by Gasteiger charge is -2.11. The average Bonchev–Trinajstić information content (AvgIpc) is 3.54. The number of anilines is 1. The highest BCUT2D eigenvalue weighted by atomic mass is 32.1. The molecule has 164 valence electrons. The van der Waals surface area contributed by atoms with Crippen LogP contribution in [0.2, 0.25) is 0 Å². The number of aromatic nitrogens is 4. The van der Waals surface area contributed by atoms with Crippen LogP contribution in [0.3, 0.4) is 0 Å². The Morgan fingerprint density at radius 2 is 1.88 bits per heavy atom. The number of ether oxygens (including phenoxy) is 1. The van der Waals surface area contributed by atoms with E-state index in [1.165, 1.54) is 16.7 Å². The van der Waals surface area contributed by atoms with Crippen molar-refractivity contribution in [3.05, 3.63) is 76.7 Å². The van der Waals surface area contributed by atoms with E-state index in [2.05, 4.69) is 50.2 Å². The van der Waals surface area contributed by atoms with Gasteiger partial charge in [0.05, 0.1) is 15.7 Å². The number of imidazole rings is 1. The highest BCUT2D eigenvalue weighted by Gasteiger charge is 2.18. The Hall–Kier alpha value is -3.20. The normalized spacial score (nSPS) is 11.7. The van der Waals surface area contributed by atoms with Gasteiger partial charge in [0.2, 0.25) is 0 Å². The monoisotopic (exact) mass is 446 g/mol. The van der Waals surface area contributed by atoms with Gasteiger partial charge in [-0.05, 0) is 41.1 Å². The number of aromatic amines is 1. The third-order valence-electron chi connectivity index (χ3n) is 5.51. The van der Waals surface area contributed by atoms with E-state index in [0.29, 0.717) is 25.6 Å². The van der Waals surface area contributed by atoms with Crippen molar-refractivity contribution in [1.82, 2.24) is 24.8 Å². The highest BCUT2D eigenvalue weighted by molar-refractivity contribution is 7.18. The van der Waals surface area contributed by atoms with Gasteiger partial charge in [0.25, 0.3) is 0 Å². The van der Waals surface area contributed by atoms with Crippen molar-refractivity contribution in [1.29, 1.82) is 0 Å². The standard InChI is InChI=1S/C24H26N6OS/c1-2-31-15-20-29-21-22(23-19(8-10-32-23)28-24(21)25)30(20)14-17-5-3-16(4-6-17)11-27-13-18-7-9-26-12-18/h3-10,12,26-27H,2,11,13-15H2,1H3,(H2,25,28). The smallest absolute Gasteiger partial charge is 0.152 e. The molecule has 4 heterocycles. The zero-order valence-corrected chi connectivity index (χ0v) is 18.8. The number of nitrogens with zero attached hydrogens (tertiary/aromatic N) is 3. The van der Waals surface area contributed by atoms with Crippen LogP contribution in [-0.4, -0.2) is 26.1 Å². The molecule has 0 spiro atoms. The Morgan fingerprint density at radius 1 is 1.06 bits per heavy atom. The van der Waals surface area contributed by atoms with Crippen LogP contribution in [0.4, 0.5) is 5.82 Å². The van der Waals surface area contributed by atoms with Crippen molar-refractivity contribution in [2.24, 2.45) is 0 Å². The summed E-state index contributed by atoms with van der Waals surface area (Å²) in [6.45, 7) is 5.44. The second-order valence-corrected chi connectivity index (χ2v) is 8.64. The fourth-order valence-corrected chi connectivity index (χ4v) is 4.78. The summed E-state index contributed by atoms with van der Waals surface area (Å²) >= 11 is 1.67. The van der Waals surface area contributed by atoms with Crippen LogP contribution in [0.5, 0.6) is 0 Å². The second kappa shape index (κ2) is 9.12. The molecule has 0 aliphatic carbocycles. The largest absolute Gasteiger partial charge is 0.382 e. The third-order valence-corrected chi connectivity index (χ3v) is 6.42.